The number of nitrogens with zero attached hydrogens (tertiary/aromatic N) is 3. The summed E-state index contributed by atoms with van der Waals surface area (Å²) in [7, 11) is 1.52. The zero-order chi connectivity index (χ0) is 15.4. The number of nitro groups is 1. The van der Waals surface area contributed by atoms with Gasteiger partial charge in [-0.3, -0.25) is 10.1 Å². The van der Waals surface area contributed by atoms with Gasteiger partial charge < -0.3 is 10.1 Å². The zero-order valence-corrected chi connectivity index (χ0v) is 12.1. The van der Waals surface area contributed by atoms with Gasteiger partial charge in [0, 0.05) is 12.1 Å². The molecule has 21 heavy (non-hydrogen) atoms. The van der Waals surface area contributed by atoms with Gasteiger partial charge in [-0.25, -0.2) is 9.97 Å². The third kappa shape index (κ3) is 2.91. The van der Waals surface area contributed by atoms with E-state index < -0.39 is 4.92 Å². The molecule has 0 spiro atoms. The predicted octanol–water partition coefficient (Wildman–Crippen LogP) is 2.80. The van der Waals surface area contributed by atoms with Gasteiger partial charge in [-0.15, -0.1) is 0 Å². The van der Waals surface area contributed by atoms with E-state index in [9.17, 15) is 10.1 Å². The zero-order valence-electron chi connectivity index (χ0n) is 12.1. The molecule has 0 bridgehead atoms. The first-order chi connectivity index (χ1) is 10.1. The summed E-state index contributed by atoms with van der Waals surface area (Å²) >= 11 is 0. The van der Waals surface area contributed by atoms with E-state index in [0.717, 1.165) is 0 Å². The minimum atomic E-state index is -0.465. The molecular formula is C14H16N4O3. The van der Waals surface area contributed by atoms with E-state index in [4.69, 9.17) is 4.74 Å². The first-order valence-corrected chi connectivity index (χ1v) is 6.48. The summed E-state index contributed by atoms with van der Waals surface area (Å²) in [5, 5.41) is 14.3. The predicted molar refractivity (Wildman–Crippen MR) is 79.6 cm³/mol. The highest BCUT2D eigenvalue weighted by Gasteiger charge is 2.25. The minimum Gasteiger partial charge on any atom is -0.496 e. The Bertz CT molecular complexity index is 673. The van der Waals surface area contributed by atoms with Crippen LogP contribution in [-0.4, -0.2) is 28.5 Å². The van der Waals surface area contributed by atoms with Crippen LogP contribution in [0.3, 0.4) is 0 Å². The molecule has 0 saturated carbocycles. The number of ether oxygens (including phenoxy) is 1. The molecule has 0 saturated heterocycles. The average molecular weight is 288 g/mol. The molecular weight excluding hydrogens is 272 g/mol. The highest BCUT2D eigenvalue weighted by Crippen LogP contribution is 2.36. The fourth-order valence-electron chi connectivity index (χ4n) is 2.05. The van der Waals surface area contributed by atoms with Crippen LogP contribution in [0.2, 0.25) is 0 Å². The summed E-state index contributed by atoms with van der Waals surface area (Å²) in [6.07, 6.45) is 0. The van der Waals surface area contributed by atoms with E-state index in [2.05, 4.69) is 15.3 Å². The Kier molecular flexibility index (Phi) is 4.32. The molecule has 0 aliphatic carbocycles. The van der Waals surface area contributed by atoms with Crippen molar-refractivity contribution < 1.29 is 9.66 Å². The Labute approximate surface area is 122 Å². The van der Waals surface area contributed by atoms with E-state index in [1.54, 1.807) is 31.2 Å². The van der Waals surface area contributed by atoms with Crippen molar-refractivity contribution in [3.05, 3.63) is 40.1 Å². The summed E-state index contributed by atoms with van der Waals surface area (Å²) in [5.74, 6) is 0.891. The van der Waals surface area contributed by atoms with Crippen molar-refractivity contribution >= 4 is 11.6 Å². The average Bonchev–Trinajstić information content (AvgIpc) is 2.46. The van der Waals surface area contributed by atoms with Gasteiger partial charge in [0.05, 0.1) is 12.0 Å². The molecule has 0 aliphatic heterocycles. The van der Waals surface area contributed by atoms with Gasteiger partial charge in [-0.05, 0) is 26.0 Å². The number of rotatable bonds is 5. The molecule has 0 amide bonds. The Hall–Kier alpha value is -2.70. The van der Waals surface area contributed by atoms with Crippen molar-refractivity contribution in [3.63, 3.8) is 0 Å². The van der Waals surface area contributed by atoms with E-state index in [1.807, 2.05) is 6.92 Å². The lowest BCUT2D eigenvalue weighted by Gasteiger charge is -2.11. The second-order valence-corrected chi connectivity index (χ2v) is 4.32. The standard InChI is InChI=1S/C14H16N4O3/c1-4-15-14-16-9(2)13(18(19)20)12(17-14)10-7-5-6-8-11(10)21-3/h5-8H,4H2,1-3H3,(H,15,16,17). The molecule has 2 rings (SSSR count). The van der Waals surface area contributed by atoms with E-state index >= 15 is 0 Å². The number of aryl methyl sites for hydroxylation is 1. The summed E-state index contributed by atoms with van der Waals surface area (Å²) in [5.41, 5.74) is 1.02. The van der Waals surface area contributed by atoms with Crippen LogP contribution in [0, 0.1) is 17.0 Å². The molecule has 0 unspecified atom stereocenters. The molecule has 0 aliphatic rings. The largest absolute Gasteiger partial charge is 0.496 e. The lowest BCUT2D eigenvalue weighted by atomic mass is 10.1. The Morgan fingerprint density at radius 3 is 2.67 bits per heavy atom. The van der Waals surface area contributed by atoms with Crippen LogP contribution in [0.1, 0.15) is 12.6 Å². The summed E-state index contributed by atoms with van der Waals surface area (Å²) in [6.45, 7) is 4.13. The highest BCUT2D eigenvalue weighted by molar-refractivity contribution is 5.76. The number of para-hydroxylation sites is 1. The molecule has 110 valence electrons. The quantitative estimate of drug-likeness (QED) is 0.672. The summed E-state index contributed by atoms with van der Waals surface area (Å²) < 4.78 is 5.27. The van der Waals surface area contributed by atoms with Crippen molar-refractivity contribution in [1.29, 1.82) is 0 Å². The monoisotopic (exact) mass is 288 g/mol. The maximum atomic E-state index is 11.3. The second-order valence-electron chi connectivity index (χ2n) is 4.32. The third-order valence-corrected chi connectivity index (χ3v) is 2.94. The van der Waals surface area contributed by atoms with Crippen molar-refractivity contribution in [2.75, 3.05) is 19.0 Å². The SMILES string of the molecule is CCNc1nc(C)c([N+](=O)[O-])c(-c2ccccc2OC)n1. The normalized spacial score (nSPS) is 10.2. The van der Waals surface area contributed by atoms with Gasteiger partial charge in [0.2, 0.25) is 5.95 Å². The highest BCUT2D eigenvalue weighted by atomic mass is 16.6. The number of methoxy groups -OCH3 is 1. The topological polar surface area (TPSA) is 90.2 Å². The second kappa shape index (κ2) is 6.17. The summed E-state index contributed by atoms with van der Waals surface area (Å²) in [6, 6.07) is 7.06. The fourth-order valence-corrected chi connectivity index (χ4v) is 2.05. The third-order valence-electron chi connectivity index (χ3n) is 2.94. The first kappa shape index (κ1) is 14.7. The molecule has 2 aromatic rings. The molecule has 1 heterocycles. The van der Waals surface area contributed by atoms with Gasteiger partial charge in [-0.1, -0.05) is 12.1 Å². The van der Waals surface area contributed by atoms with Gasteiger partial charge in [0.1, 0.15) is 11.4 Å². The van der Waals surface area contributed by atoms with Crippen LogP contribution in [-0.2, 0) is 0 Å². The van der Waals surface area contributed by atoms with E-state index in [-0.39, 0.29) is 11.4 Å². The number of nitrogens with one attached hydrogen (secondary N) is 1. The molecule has 1 aromatic carbocycles. The van der Waals surface area contributed by atoms with Gasteiger partial charge in [0.25, 0.3) is 0 Å². The van der Waals surface area contributed by atoms with E-state index in [1.165, 1.54) is 7.11 Å². The maximum absolute atomic E-state index is 11.3. The number of benzene rings is 1. The van der Waals surface area contributed by atoms with Crippen molar-refractivity contribution in [3.8, 4) is 17.0 Å². The molecule has 0 fully saturated rings. The number of hydrogen-bond donors (Lipinski definition) is 1. The van der Waals surface area contributed by atoms with Crippen LogP contribution in [0.4, 0.5) is 11.6 Å². The lowest BCUT2D eigenvalue weighted by molar-refractivity contribution is -0.385. The van der Waals surface area contributed by atoms with Crippen LogP contribution in [0.5, 0.6) is 5.75 Å². The van der Waals surface area contributed by atoms with Crippen LogP contribution < -0.4 is 10.1 Å². The maximum Gasteiger partial charge on any atom is 0.316 e. The molecule has 1 aromatic heterocycles. The van der Waals surface area contributed by atoms with Crippen molar-refractivity contribution in [2.45, 2.75) is 13.8 Å². The van der Waals surface area contributed by atoms with Crippen LogP contribution in [0.15, 0.2) is 24.3 Å². The molecule has 0 radical (unpaired) electrons. The Balaban J connectivity index is 2.72. The number of aromatic nitrogens is 2. The number of anilines is 1. The number of hydrogen-bond acceptors (Lipinski definition) is 6. The Morgan fingerprint density at radius 2 is 2.05 bits per heavy atom. The Morgan fingerprint density at radius 1 is 1.33 bits per heavy atom. The van der Waals surface area contributed by atoms with Crippen molar-refractivity contribution in [1.82, 2.24) is 9.97 Å². The van der Waals surface area contributed by atoms with Gasteiger partial charge >= 0.3 is 5.69 Å². The molecule has 7 nitrogen and oxygen atoms in total. The molecule has 0 atom stereocenters. The fraction of sp³-hybridized carbons (Fsp3) is 0.286. The van der Waals surface area contributed by atoms with Crippen LogP contribution >= 0.6 is 0 Å². The molecule has 1 N–H and O–H groups in total. The van der Waals surface area contributed by atoms with Gasteiger partial charge in [0.15, 0.2) is 5.69 Å². The van der Waals surface area contributed by atoms with E-state index in [0.29, 0.717) is 29.5 Å². The molecule has 7 heteroatoms. The lowest BCUT2D eigenvalue weighted by Crippen LogP contribution is -2.07. The summed E-state index contributed by atoms with van der Waals surface area (Å²) in [4.78, 5) is 19.3. The van der Waals surface area contributed by atoms with Crippen molar-refractivity contribution in [2.24, 2.45) is 0 Å². The first-order valence-electron chi connectivity index (χ1n) is 6.48. The van der Waals surface area contributed by atoms with Crippen LogP contribution in [0.25, 0.3) is 11.3 Å². The minimum absolute atomic E-state index is 0.110. The smallest absolute Gasteiger partial charge is 0.316 e. The van der Waals surface area contributed by atoms with Gasteiger partial charge in [-0.2, -0.15) is 0 Å².